The van der Waals surface area contributed by atoms with Crippen LogP contribution >= 0.6 is 27.5 Å². The number of carboxylic acids is 1. The predicted molar refractivity (Wildman–Crippen MR) is 104 cm³/mol. The van der Waals surface area contributed by atoms with Crippen molar-refractivity contribution < 1.29 is 23.1 Å². The van der Waals surface area contributed by atoms with Gasteiger partial charge in [-0.25, -0.2) is 0 Å². The number of piperidine rings is 1. The zero-order valence-corrected chi connectivity index (χ0v) is 17.1. The van der Waals surface area contributed by atoms with Gasteiger partial charge in [-0.15, -0.1) is 0 Å². The van der Waals surface area contributed by atoms with Crippen molar-refractivity contribution in [1.82, 2.24) is 4.90 Å². The Morgan fingerprint density at radius 1 is 1.21 bits per heavy atom. The van der Waals surface area contributed by atoms with Crippen LogP contribution in [0.1, 0.15) is 35.6 Å². The van der Waals surface area contributed by atoms with Gasteiger partial charge in [-0.2, -0.15) is 13.2 Å². The fourth-order valence-corrected chi connectivity index (χ4v) is 4.35. The van der Waals surface area contributed by atoms with E-state index in [1.807, 2.05) is 23.1 Å². The second kappa shape index (κ2) is 8.43. The van der Waals surface area contributed by atoms with E-state index in [1.165, 1.54) is 6.07 Å². The third kappa shape index (κ3) is 4.53. The highest BCUT2D eigenvalue weighted by Crippen LogP contribution is 2.41. The van der Waals surface area contributed by atoms with Gasteiger partial charge in [0.1, 0.15) is 0 Å². The second-order valence-electron chi connectivity index (χ2n) is 6.83. The Kier molecular flexibility index (Phi) is 6.37. The zero-order valence-electron chi connectivity index (χ0n) is 14.7. The molecule has 1 saturated heterocycles. The van der Waals surface area contributed by atoms with Gasteiger partial charge in [-0.3, -0.25) is 9.69 Å². The maximum absolute atomic E-state index is 13.3. The number of aliphatic carboxylic acids is 1. The molecule has 2 atom stereocenters. The van der Waals surface area contributed by atoms with Crippen LogP contribution in [0.3, 0.4) is 0 Å². The molecule has 3 rings (SSSR count). The summed E-state index contributed by atoms with van der Waals surface area (Å²) >= 11 is 9.81. The summed E-state index contributed by atoms with van der Waals surface area (Å²) in [5.41, 5.74) is 0.278. The summed E-state index contributed by atoms with van der Waals surface area (Å²) in [6.45, 7) is 0.816. The first kappa shape index (κ1) is 21.1. The van der Waals surface area contributed by atoms with Crippen molar-refractivity contribution in [3.05, 3.63) is 68.7 Å². The van der Waals surface area contributed by atoms with Crippen molar-refractivity contribution in [2.75, 3.05) is 13.1 Å². The molecular weight excluding hydrogens is 459 g/mol. The van der Waals surface area contributed by atoms with Gasteiger partial charge in [0, 0.05) is 16.0 Å². The highest BCUT2D eigenvalue weighted by molar-refractivity contribution is 9.10. The number of hydrogen-bond donors (Lipinski definition) is 1. The summed E-state index contributed by atoms with van der Waals surface area (Å²) in [5, 5.41) is 9.64. The van der Waals surface area contributed by atoms with E-state index in [1.54, 1.807) is 6.07 Å². The van der Waals surface area contributed by atoms with E-state index in [2.05, 4.69) is 15.9 Å². The minimum absolute atomic E-state index is 0.214. The van der Waals surface area contributed by atoms with Crippen LogP contribution in [0.25, 0.3) is 0 Å². The average Bonchev–Trinajstić information content (AvgIpc) is 2.64. The summed E-state index contributed by atoms with van der Waals surface area (Å²) in [4.78, 5) is 13.4. The second-order valence-corrected chi connectivity index (χ2v) is 8.09. The molecule has 2 aromatic rings. The van der Waals surface area contributed by atoms with Crippen LogP contribution in [0.5, 0.6) is 0 Å². The molecule has 150 valence electrons. The molecule has 0 spiro atoms. The van der Waals surface area contributed by atoms with Crippen molar-refractivity contribution in [2.24, 2.45) is 5.92 Å². The number of carbonyl (C=O) groups is 1. The zero-order chi connectivity index (χ0) is 20.5. The normalized spacial score (nSPS) is 19.4. The summed E-state index contributed by atoms with van der Waals surface area (Å²) in [5.74, 6) is -1.46. The Morgan fingerprint density at radius 3 is 2.57 bits per heavy atom. The highest BCUT2D eigenvalue weighted by Gasteiger charge is 2.36. The molecule has 0 aliphatic carbocycles. The molecule has 2 unspecified atom stereocenters. The molecule has 28 heavy (non-hydrogen) atoms. The molecule has 3 nitrogen and oxygen atoms in total. The first-order valence-corrected chi connectivity index (χ1v) is 9.93. The number of likely N-dealkylation sites (tertiary alicyclic amines) is 1. The number of benzene rings is 2. The first-order valence-electron chi connectivity index (χ1n) is 8.76. The molecule has 1 aliphatic rings. The third-order valence-corrected chi connectivity index (χ3v) is 6.05. The molecule has 8 heteroatoms. The Hall–Kier alpha value is -1.57. The molecule has 2 aromatic carbocycles. The number of carboxylic acid groups (broad SMARTS) is 1. The Morgan fingerprint density at radius 2 is 1.93 bits per heavy atom. The van der Waals surface area contributed by atoms with Gasteiger partial charge in [0.2, 0.25) is 0 Å². The van der Waals surface area contributed by atoms with Gasteiger partial charge in [-0.05, 0) is 54.8 Å². The SMILES string of the molecule is O=C(O)C1CCCN(C(c2cc(C(F)(F)F)ccc2Cl)c2ccccc2Br)C1. The van der Waals surface area contributed by atoms with Gasteiger partial charge in [0.25, 0.3) is 0 Å². The summed E-state index contributed by atoms with van der Waals surface area (Å²) in [6, 6.07) is 9.92. The molecule has 1 N–H and O–H groups in total. The van der Waals surface area contributed by atoms with Crippen molar-refractivity contribution >= 4 is 33.5 Å². The number of rotatable bonds is 4. The van der Waals surface area contributed by atoms with Crippen LogP contribution < -0.4 is 0 Å². The van der Waals surface area contributed by atoms with Gasteiger partial charge in [-0.1, -0.05) is 45.7 Å². The molecule has 1 fully saturated rings. The summed E-state index contributed by atoms with van der Waals surface area (Å²) in [6.07, 6.45) is -3.30. The van der Waals surface area contributed by atoms with Gasteiger partial charge >= 0.3 is 12.1 Å². The van der Waals surface area contributed by atoms with Crippen LogP contribution in [-0.4, -0.2) is 29.1 Å². The van der Waals surface area contributed by atoms with E-state index in [9.17, 15) is 23.1 Å². The van der Waals surface area contributed by atoms with Crippen molar-refractivity contribution in [2.45, 2.75) is 25.1 Å². The van der Waals surface area contributed by atoms with Crippen molar-refractivity contribution in [1.29, 1.82) is 0 Å². The lowest BCUT2D eigenvalue weighted by Crippen LogP contribution is -2.41. The average molecular weight is 477 g/mol. The van der Waals surface area contributed by atoms with E-state index in [0.717, 1.165) is 22.2 Å². The van der Waals surface area contributed by atoms with Gasteiger partial charge in [0.05, 0.1) is 17.5 Å². The lowest BCUT2D eigenvalue weighted by molar-refractivity contribution is -0.143. The highest BCUT2D eigenvalue weighted by atomic mass is 79.9. The van der Waals surface area contributed by atoms with E-state index in [-0.39, 0.29) is 11.6 Å². The maximum atomic E-state index is 13.3. The lowest BCUT2D eigenvalue weighted by Gasteiger charge is -2.38. The molecule has 0 saturated carbocycles. The smallest absolute Gasteiger partial charge is 0.416 e. The molecule has 0 amide bonds. The van der Waals surface area contributed by atoms with E-state index < -0.39 is 29.7 Å². The summed E-state index contributed by atoms with van der Waals surface area (Å²) < 4.78 is 40.7. The van der Waals surface area contributed by atoms with Crippen molar-refractivity contribution in [3.63, 3.8) is 0 Å². The van der Waals surface area contributed by atoms with E-state index in [4.69, 9.17) is 11.6 Å². The maximum Gasteiger partial charge on any atom is 0.416 e. The monoisotopic (exact) mass is 475 g/mol. The number of nitrogens with zero attached hydrogens (tertiary/aromatic N) is 1. The minimum Gasteiger partial charge on any atom is -0.481 e. The quantitative estimate of drug-likeness (QED) is 0.588. The van der Waals surface area contributed by atoms with Crippen LogP contribution in [0.2, 0.25) is 5.02 Å². The molecule has 0 bridgehead atoms. The Bertz CT molecular complexity index is 875. The third-order valence-electron chi connectivity index (χ3n) is 4.98. The van der Waals surface area contributed by atoms with E-state index in [0.29, 0.717) is 24.9 Å². The fourth-order valence-electron chi connectivity index (χ4n) is 3.63. The predicted octanol–water partition coefficient (Wildman–Crippen LogP) is 6.01. The lowest BCUT2D eigenvalue weighted by atomic mass is 9.90. The minimum atomic E-state index is -4.50. The van der Waals surface area contributed by atoms with Crippen LogP contribution in [0.4, 0.5) is 13.2 Å². The molecule has 1 aliphatic heterocycles. The Balaban J connectivity index is 2.13. The molecule has 1 heterocycles. The number of alkyl halides is 3. The standard InChI is InChI=1S/C20H18BrClF3NO2/c21-16-6-2-1-5-14(16)18(26-9-3-4-12(11-26)19(27)28)15-10-13(20(23,24)25)7-8-17(15)22/h1-2,5-8,10,12,18H,3-4,9,11H2,(H,27,28). The van der Waals surface area contributed by atoms with E-state index >= 15 is 0 Å². The number of hydrogen-bond acceptors (Lipinski definition) is 2. The summed E-state index contributed by atoms with van der Waals surface area (Å²) in [7, 11) is 0. The molecule has 0 aromatic heterocycles. The topological polar surface area (TPSA) is 40.5 Å². The molecule has 0 radical (unpaired) electrons. The van der Waals surface area contributed by atoms with Crippen molar-refractivity contribution in [3.8, 4) is 0 Å². The number of halogens is 5. The largest absolute Gasteiger partial charge is 0.481 e. The Labute approximate surface area is 174 Å². The van der Waals surface area contributed by atoms with Crippen LogP contribution in [-0.2, 0) is 11.0 Å². The van der Waals surface area contributed by atoms with Crippen LogP contribution in [0, 0.1) is 5.92 Å². The fraction of sp³-hybridized carbons (Fsp3) is 0.350. The van der Waals surface area contributed by atoms with Gasteiger partial charge < -0.3 is 5.11 Å². The molecular formula is C20H18BrClF3NO2. The first-order chi connectivity index (χ1) is 13.2. The van der Waals surface area contributed by atoms with Crippen LogP contribution in [0.15, 0.2) is 46.9 Å². The van der Waals surface area contributed by atoms with Gasteiger partial charge in [0.15, 0.2) is 0 Å².